The van der Waals surface area contributed by atoms with E-state index in [0.29, 0.717) is 0 Å². The fourth-order valence-corrected chi connectivity index (χ4v) is 0.612. The van der Waals surface area contributed by atoms with Gasteiger partial charge in [0, 0.05) is 0 Å². The number of hydrogen-bond donors (Lipinski definition) is 1. The Hall–Kier alpha value is 0.340. The zero-order valence-corrected chi connectivity index (χ0v) is 9.05. The summed E-state index contributed by atoms with van der Waals surface area (Å²) in [5.41, 5.74) is 0. The fourth-order valence-electron chi connectivity index (χ4n) is 0.204. The van der Waals surface area contributed by atoms with Crippen molar-refractivity contribution in [3.05, 3.63) is 0 Å². The molecule has 0 saturated heterocycles. The van der Waals surface area contributed by atoms with Crippen LogP contribution in [0.1, 0.15) is 26.7 Å². The van der Waals surface area contributed by atoms with Crippen LogP contribution in [0.15, 0.2) is 0 Å². The molecule has 0 aliphatic heterocycles. The Morgan fingerprint density at radius 1 is 1.36 bits per heavy atom. The van der Waals surface area contributed by atoms with Gasteiger partial charge in [0.2, 0.25) is 0 Å². The van der Waals surface area contributed by atoms with Crippen LogP contribution in [0, 0.1) is 0 Å². The third-order valence-corrected chi connectivity index (χ3v) is 2.06. The van der Waals surface area contributed by atoms with Crippen LogP contribution in [0.3, 0.4) is 0 Å². The first-order chi connectivity index (χ1) is 4.97. The molecule has 0 rings (SSSR count). The average Bonchev–Trinajstić information content (AvgIpc) is 1.90. The third kappa shape index (κ3) is 25.2. The van der Waals surface area contributed by atoms with Crippen molar-refractivity contribution in [2.24, 2.45) is 0 Å². The van der Waals surface area contributed by atoms with Crippen molar-refractivity contribution in [3.8, 4) is 0 Å². The summed E-state index contributed by atoms with van der Waals surface area (Å²) in [5.74, 6) is -0.201. The highest BCUT2D eigenvalue weighted by Gasteiger charge is 1.93. The summed E-state index contributed by atoms with van der Waals surface area (Å²) in [5, 5.41) is 0. The van der Waals surface area contributed by atoms with Crippen LogP contribution in [0.2, 0.25) is 0 Å². The molecule has 3 nitrogen and oxygen atoms in total. The second-order valence-corrected chi connectivity index (χ2v) is 4.33. The number of hydrogen-bond acceptors (Lipinski definition) is 2. The van der Waals surface area contributed by atoms with Gasteiger partial charge in [0.15, 0.2) is 0 Å². The molecule has 0 aromatic carbocycles. The standard InChI is InChI=1S/C4H11P.C2H6O3S/c1-2-3-4-5;1-2-6(3,4)5/h2-5H2,1H3;2H2,1H3,(H,3,4,5). The summed E-state index contributed by atoms with van der Waals surface area (Å²) in [7, 11) is -0.962. The first kappa shape index (κ1) is 13.9. The van der Waals surface area contributed by atoms with E-state index in [0.717, 1.165) is 0 Å². The minimum absolute atomic E-state index is 0.201. The molecule has 0 spiro atoms. The molecule has 0 aromatic rings. The van der Waals surface area contributed by atoms with Crippen LogP contribution in [0.5, 0.6) is 0 Å². The van der Waals surface area contributed by atoms with Gasteiger partial charge in [0.05, 0.1) is 5.75 Å². The molecule has 0 aliphatic carbocycles. The van der Waals surface area contributed by atoms with Gasteiger partial charge in [-0.2, -0.15) is 8.42 Å². The molecule has 70 valence electrons. The van der Waals surface area contributed by atoms with Crippen LogP contribution >= 0.6 is 9.24 Å². The van der Waals surface area contributed by atoms with E-state index in [1.807, 2.05) is 0 Å². The van der Waals surface area contributed by atoms with Crippen LogP contribution in [-0.4, -0.2) is 24.9 Å². The quantitative estimate of drug-likeness (QED) is 0.555. The fraction of sp³-hybridized carbons (Fsp3) is 1.00. The van der Waals surface area contributed by atoms with E-state index < -0.39 is 10.1 Å². The van der Waals surface area contributed by atoms with Gasteiger partial charge in [-0.25, -0.2) is 0 Å². The maximum atomic E-state index is 9.56. The Balaban J connectivity index is 0. The second kappa shape index (κ2) is 8.44. The van der Waals surface area contributed by atoms with E-state index in [1.54, 1.807) is 0 Å². The Morgan fingerprint density at radius 2 is 1.73 bits per heavy atom. The minimum Gasteiger partial charge on any atom is -0.286 e. The van der Waals surface area contributed by atoms with Crippen LogP contribution in [0.4, 0.5) is 0 Å². The van der Waals surface area contributed by atoms with Crippen molar-refractivity contribution in [2.75, 3.05) is 11.9 Å². The monoisotopic (exact) mass is 200 g/mol. The molecular weight excluding hydrogens is 183 g/mol. The molecule has 1 atom stereocenters. The molecule has 11 heavy (non-hydrogen) atoms. The Morgan fingerprint density at radius 3 is 1.73 bits per heavy atom. The van der Waals surface area contributed by atoms with Gasteiger partial charge < -0.3 is 0 Å². The van der Waals surface area contributed by atoms with E-state index in [1.165, 1.54) is 25.9 Å². The Bertz CT molecular complexity index is 151. The van der Waals surface area contributed by atoms with E-state index in [-0.39, 0.29) is 5.75 Å². The highest BCUT2D eigenvalue weighted by Crippen LogP contribution is 1.89. The first-order valence-corrected chi connectivity index (χ1v) is 6.05. The lowest BCUT2D eigenvalue weighted by atomic mass is 10.4. The minimum atomic E-state index is -3.66. The van der Waals surface area contributed by atoms with Gasteiger partial charge in [-0.15, -0.1) is 9.24 Å². The smallest absolute Gasteiger partial charge is 0.264 e. The molecule has 1 unspecified atom stereocenters. The summed E-state index contributed by atoms with van der Waals surface area (Å²) in [6, 6.07) is 0. The van der Waals surface area contributed by atoms with Crippen molar-refractivity contribution in [2.45, 2.75) is 26.7 Å². The van der Waals surface area contributed by atoms with Crippen molar-refractivity contribution in [1.29, 1.82) is 0 Å². The molecule has 0 aromatic heterocycles. The predicted molar refractivity (Wildman–Crippen MR) is 51.6 cm³/mol. The van der Waals surface area contributed by atoms with Crippen LogP contribution in [0.25, 0.3) is 0 Å². The van der Waals surface area contributed by atoms with Crippen molar-refractivity contribution < 1.29 is 13.0 Å². The summed E-state index contributed by atoms with van der Waals surface area (Å²) in [6.45, 7) is 3.57. The highest BCUT2D eigenvalue weighted by molar-refractivity contribution is 7.85. The topological polar surface area (TPSA) is 54.4 Å². The van der Waals surface area contributed by atoms with Gasteiger partial charge in [0.1, 0.15) is 0 Å². The lowest BCUT2D eigenvalue weighted by molar-refractivity contribution is 0.484. The third-order valence-electron chi connectivity index (χ3n) is 0.922. The predicted octanol–water partition coefficient (Wildman–Crippen LogP) is 1.56. The molecule has 0 bridgehead atoms. The summed E-state index contributed by atoms with van der Waals surface area (Å²) in [6.07, 6.45) is 3.94. The summed E-state index contributed by atoms with van der Waals surface area (Å²) >= 11 is 0. The molecule has 0 saturated carbocycles. The largest absolute Gasteiger partial charge is 0.286 e. The number of rotatable bonds is 3. The van der Waals surface area contributed by atoms with Gasteiger partial charge >= 0.3 is 0 Å². The van der Waals surface area contributed by atoms with Gasteiger partial charge in [0.25, 0.3) is 10.1 Å². The van der Waals surface area contributed by atoms with E-state index in [9.17, 15) is 8.42 Å². The molecule has 0 radical (unpaired) electrons. The molecule has 0 fully saturated rings. The average molecular weight is 200 g/mol. The molecule has 0 aliphatic rings. The van der Waals surface area contributed by atoms with E-state index in [2.05, 4.69) is 16.2 Å². The molecule has 0 heterocycles. The lowest BCUT2D eigenvalue weighted by Crippen LogP contribution is -1.97. The lowest BCUT2D eigenvalue weighted by Gasteiger charge is -1.79. The first-order valence-electron chi connectivity index (χ1n) is 3.63. The zero-order valence-electron chi connectivity index (χ0n) is 7.08. The normalized spacial score (nSPS) is 10.2. The van der Waals surface area contributed by atoms with Crippen molar-refractivity contribution in [3.63, 3.8) is 0 Å². The van der Waals surface area contributed by atoms with E-state index in [4.69, 9.17) is 4.55 Å². The maximum absolute atomic E-state index is 9.56. The van der Waals surface area contributed by atoms with Crippen LogP contribution < -0.4 is 0 Å². The van der Waals surface area contributed by atoms with Gasteiger partial charge in [-0.1, -0.05) is 19.8 Å². The van der Waals surface area contributed by atoms with Crippen molar-refractivity contribution >= 4 is 19.4 Å². The highest BCUT2D eigenvalue weighted by atomic mass is 32.2. The van der Waals surface area contributed by atoms with Gasteiger partial charge in [-0.3, -0.25) is 4.55 Å². The summed E-state index contributed by atoms with van der Waals surface area (Å²) in [4.78, 5) is 0. The zero-order chi connectivity index (χ0) is 9.33. The van der Waals surface area contributed by atoms with Gasteiger partial charge in [-0.05, 0) is 13.1 Å². The summed E-state index contributed by atoms with van der Waals surface area (Å²) < 4.78 is 26.9. The number of unbranched alkanes of at least 4 members (excludes halogenated alkanes) is 1. The van der Waals surface area contributed by atoms with Crippen LogP contribution in [-0.2, 0) is 10.1 Å². The SMILES string of the molecule is CCCCP.CCS(=O)(=O)O. The maximum Gasteiger partial charge on any atom is 0.264 e. The Kier molecular flexibility index (Phi) is 10.7. The van der Waals surface area contributed by atoms with Crippen molar-refractivity contribution in [1.82, 2.24) is 0 Å². The molecule has 0 amide bonds. The second-order valence-electron chi connectivity index (χ2n) is 2.01. The Labute approximate surface area is 71.5 Å². The molecular formula is C6H17O3PS. The molecule has 1 N–H and O–H groups in total. The van der Waals surface area contributed by atoms with E-state index >= 15 is 0 Å². The molecule has 5 heteroatoms.